The Bertz CT molecular complexity index is 987. The highest BCUT2D eigenvalue weighted by Crippen LogP contribution is 2.43. The van der Waals surface area contributed by atoms with Crippen LogP contribution in [0.15, 0.2) is 42.6 Å². The molecule has 2 aromatic rings. The predicted molar refractivity (Wildman–Crippen MR) is 107 cm³/mol. The fourth-order valence-electron chi connectivity index (χ4n) is 3.98. The fraction of sp³-hybridized carbons (Fsp3) is 0.238. The molecule has 1 spiro atoms. The molecule has 2 heterocycles. The smallest absolute Gasteiger partial charge is 0.253 e. The van der Waals surface area contributed by atoms with Gasteiger partial charge >= 0.3 is 0 Å². The standard InChI is InChI=1S/C21H21FN4O2/c1-28-16-8-18(22)17-10-21(25-19(17)9-16)6-7-26(20(21)27)15-4-2-13(3-5-15)14(11-23)12-24/h2-5,8-9,11-12,23,25H,6-7,10,24H2,1H3/b14-12+,23-11?. The number of fused-ring (bicyclic) bond motifs is 1. The molecule has 144 valence electrons. The second-order valence-electron chi connectivity index (χ2n) is 7.04. The van der Waals surface area contributed by atoms with Gasteiger partial charge < -0.3 is 26.1 Å². The average molecular weight is 380 g/mol. The number of hydrogen-bond donors (Lipinski definition) is 3. The molecule has 2 aliphatic heterocycles. The van der Waals surface area contributed by atoms with Crippen molar-refractivity contribution in [2.24, 2.45) is 5.73 Å². The van der Waals surface area contributed by atoms with Gasteiger partial charge in [0.1, 0.15) is 17.1 Å². The van der Waals surface area contributed by atoms with Crippen LogP contribution in [0.25, 0.3) is 5.57 Å². The van der Waals surface area contributed by atoms with Crippen LogP contribution in [-0.4, -0.2) is 31.3 Å². The topological polar surface area (TPSA) is 91.4 Å². The molecule has 0 aromatic heterocycles. The summed E-state index contributed by atoms with van der Waals surface area (Å²) in [5.74, 6) is -0.00724. The monoisotopic (exact) mass is 380 g/mol. The number of carbonyl (C=O) groups excluding carboxylic acids is 1. The summed E-state index contributed by atoms with van der Waals surface area (Å²) in [6.07, 6.45) is 3.46. The van der Waals surface area contributed by atoms with Gasteiger partial charge in [0.05, 0.1) is 7.11 Å². The molecule has 6 nitrogen and oxygen atoms in total. The molecule has 4 rings (SSSR count). The van der Waals surface area contributed by atoms with Gasteiger partial charge in [-0.05, 0) is 24.1 Å². The summed E-state index contributed by atoms with van der Waals surface area (Å²) >= 11 is 0. The molecule has 1 amide bonds. The number of halogens is 1. The molecule has 1 fully saturated rings. The fourth-order valence-corrected chi connectivity index (χ4v) is 3.98. The molecule has 4 N–H and O–H groups in total. The zero-order valence-electron chi connectivity index (χ0n) is 15.5. The van der Waals surface area contributed by atoms with Crippen LogP contribution < -0.4 is 20.7 Å². The van der Waals surface area contributed by atoms with E-state index in [1.807, 2.05) is 24.3 Å². The van der Waals surface area contributed by atoms with Crippen molar-refractivity contribution in [3.8, 4) is 5.75 Å². The quantitative estimate of drug-likeness (QED) is 0.711. The maximum atomic E-state index is 14.4. The van der Waals surface area contributed by atoms with E-state index in [1.165, 1.54) is 25.6 Å². The van der Waals surface area contributed by atoms with Crippen LogP contribution in [0, 0.1) is 11.2 Å². The molecule has 1 unspecified atom stereocenters. The summed E-state index contributed by atoms with van der Waals surface area (Å²) in [4.78, 5) is 15.0. The molecular weight excluding hydrogens is 359 g/mol. The van der Waals surface area contributed by atoms with E-state index in [0.29, 0.717) is 42.0 Å². The molecule has 2 aromatic carbocycles. The Morgan fingerprint density at radius 1 is 1.36 bits per heavy atom. The van der Waals surface area contributed by atoms with Crippen molar-refractivity contribution >= 4 is 29.1 Å². The van der Waals surface area contributed by atoms with Crippen molar-refractivity contribution in [3.63, 3.8) is 0 Å². The van der Waals surface area contributed by atoms with Gasteiger partial charge in [-0.15, -0.1) is 0 Å². The van der Waals surface area contributed by atoms with E-state index in [9.17, 15) is 9.18 Å². The Balaban J connectivity index is 1.59. The van der Waals surface area contributed by atoms with E-state index in [0.717, 1.165) is 11.3 Å². The Morgan fingerprint density at radius 2 is 2.11 bits per heavy atom. The first-order valence-electron chi connectivity index (χ1n) is 9.01. The third kappa shape index (κ3) is 2.70. The summed E-state index contributed by atoms with van der Waals surface area (Å²) in [6, 6.07) is 10.4. The normalized spacial score (nSPS) is 21.0. The molecule has 0 saturated carbocycles. The van der Waals surface area contributed by atoms with Crippen molar-refractivity contribution in [2.75, 3.05) is 23.9 Å². The number of benzene rings is 2. The van der Waals surface area contributed by atoms with Crippen molar-refractivity contribution in [2.45, 2.75) is 18.4 Å². The lowest BCUT2D eigenvalue weighted by Crippen LogP contribution is -2.45. The minimum absolute atomic E-state index is 0.0727. The lowest BCUT2D eigenvalue weighted by Gasteiger charge is -2.24. The third-order valence-corrected chi connectivity index (χ3v) is 5.52. The number of nitrogens with two attached hydrogens (primary N) is 1. The number of allylic oxidation sites excluding steroid dienone is 1. The summed E-state index contributed by atoms with van der Waals surface area (Å²) in [5.41, 5.74) is 8.02. The number of methoxy groups -OCH3 is 1. The first-order valence-corrected chi connectivity index (χ1v) is 9.01. The van der Waals surface area contributed by atoms with Crippen LogP contribution in [0.2, 0.25) is 0 Å². The molecule has 28 heavy (non-hydrogen) atoms. The van der Waals surface area contributed by atoms with Gasteiger partial charge in [-0.25, -0.2) is 4.39 Å². The Labute approximate surface area is 162 Å². The second kappa shape index (κ2) is 6.67. The molecule has 0 bridgehead atoms. The predicted octanol–water partition coefficient (Wildman–Crippen LogP) is 2.93. The van der Waals surface area contributed by atoms with Gasteiger partial charge in [0.2, 0.25) is 0 Å². The number of nitrogens with one attached hydrogen (secondary N) is 2. The number of ether oxygens (including phenoxy) is 1. The molecule has 7 heteroatoms. The van der Waals surface area contributed by atoms with Gasteiger partial charge in [-0.2, -0.15) is 0 Å². The first kappa shape index (κ1) is 18.0. The first-order chi connectivity index (χ1) is 13.5. The lowest BCUT2D eigenvalue weighted by molar-refractivity contribution is -0.120. The van der Waals surface area contributed by atoms with Gasteiger partial charge in [-0.1, -0.05) is 12.1 Å². The number of hydrogen-bond acceptors (Lipinski definition) is 5. The number of rotatable bonds is 4. The minimum Gasteiger partial charge on any atom is -0.497 e. The lowest BCUT2D eigenvalue weighted by atomic mass is 9.93. The molecule has 1 atom stereocenters. The third-order valence-electron chi connectivity index (χ3n) is 5.52. The molecule has 0 radical (unpaired) electrons. The largest absolute Gasteiger partial charge is 0.497 e. The highest BCUT2D eigenvalue weighted by molar-refractivity contribution is 6.09. The summed E-state index contributed by atoms with van der Waals surface area (Å²) in [5, 5.41) is 10.6. The number of amides is 1. The number of nitrogens with zero attached hydrogens (tertiary/aromatic N) is 1. The average Bonchev–Trinajstić information content (AvgIpc) is 3.24. The van der Waals surface area contributed by atoms with Crippen LogP contribution in [0.5, 0.6) is 5.75 Å². The Kier molecular flexibility index (Phi) is 4.30. The van der Waals surface area contributed by atoms with Crippen LogP contribution in [0.4, 0.5) is 15.8 Å². The molecule has 0 aliphatic carbocycles. The summed E-state index contributed by atoms with van der Waals surface area (Å²) in [6.45, 7) is 0.544. The van der Waals surface area contributed by atoms with Gasteiger partial charge in [-0.3, -0.25) is 4.79 Å². The maximum absolute atomic E-state index is 14.4. The van der Waals surface area contributed by atoms with Crippen molar-refractivity contribution < 1.29 is 13.9 Å². The van der Waals surface area contributed by atoms with E-state index < -0.39 is 5.54 Å². The SMILES string of the molecule is COc1cc(F)c2c(c1)NC1(CCN(c3ccc(/C(C=N)=C/N)cc3)C1=O)C2. The van der Waals surface area contributed by atoms with E-state index in [4.69, 9.17) is 15.9 Å². The Hall–Kier alpha value is -3.35. The van der Waals surface area contributed by atoms with Crippen molar-refractivity contribution in [1.29, 1.82) is 5.41 Å². The molecule has 2 aliphatic rings. The van der Waals surface area contributed by atoms with Gasteiger partial charge in [0.25, 0.3) is 5.91 Å². The highest BCUT2D eigenvalue weighted by atomic mass is 19.1. The highest BCUT2D eigenvalue weighted by Gasteiger charge is 2.51. The van der Waals surface area contributed by atoms with E-state index in [1.54, 1.807) is 11.0 Å². The molecular formula is C21H21FN4O2. The summed E-state index contributed by atoms with van der Waals surface area (Å²) < 4.78 is 19.6. The van der Waals surface area contributed by atoms with Crippen LogP contribution >= 0.6 is 0 Å². The van der Waals surface area contributed by atoms with Crippen molar-refractivity contribution in [1.82, 2.24) is 0 Å². The second-order valence-corrected chi connectivity index (χ2v) is 7.04. The number of anilines is 2. The van der Waals surface area contributed by atoms with Crippen molar-refractivity contribution in [3.05, 3.63) is 59.5 Å². The van der Waals surface area contributed by atoms with Crippen LogP contribution in [0.1, 0.15) is 17.5 Å². The van der Waals surface area contributed by atoms with E-state index >= 15 is 0 Å². The zero-order chi connectivity index (χ0) is 19.9. The Morgan fingerprint density at radius 3 is 2.75 bits per heavy atom. The van der Waals surface area contributed by atoms with Gasteiger partial charge in [0.15, 0.2) is 0 Å². The minimum atomic E-state index is -0.828. The van der Waals surface area contributed by atoms with Gasteiger partial charge in [0, 0.05) is 60.0 Å². The number of carbonyl (C=O) groups is 1. The zero-order valence-corrected chi connectivity index (χ0v) is 15.5. The maximum Gasteiger partial charge on any atom is 0.253 e. The van der Waals surface area contributed by atoms with Crippen LogP contribution in [-0.2, 0) is 11.2 Å². The van der Waals surface area contributed by atoms with Crippen LogP contribution in [0.3, 0.4) is 0 Å². The summed E-state index contributed by atoms with van der Waals surface area (Å²) in [7, 11) is 1.49. The van der Waals surface area contributed by atoms with E-state index in [-0.39, 0.29) is 11.7 Å². The molecule has 1 saturated heterocycles. The van der Waals surface area contributed by atoms with E-state index in [2.05, 4.69) is 5.32 Å².